The van der Waals surface area contributed by atoms with E-state index < -0.39 is 0 Å². The molecule has 3 nitrogen and oxygen atoms in total. The summed E-state index contributed by atoms with van der Waals surface area (Å²) in [5.74, 6) is 0. The summed E-state index contributed by atoms with van der Waals surface area (Å²) in [7, 11) is 0. The minimum atomic E-state index is 0.677. The van der Waals surface area contributed by atoms with E-state index in [1.807, 2.05) is 4.68 Å². The average molecular weight is 319 g/mol. The highest BCUT2D eigenvalue weighted by molar-refractivity contribution is 5.70. The van der Waals surface area contributed by atoms with E-state index in [4.69, 9.17) is 10.8 Å². The Labute approximate surface area is 144 Å². The Hall–Kier alpha value is -2.39. The summed E-state index contributed by atoms with van der Waals surface area (Å²) in [5.41, 5.74) is 15.3. The quantitative estimate of drug-likeness (QED) is 0.780. The third-order valence-electron chi connectivity index (χ3n) is 4.70. The van der Waals surface area contributed by atoms with Gasteiger partial charge in [-0.1, -0.05) is 30.3 Å². The number of rotatable bonds is 4. The van der Waals surface area contributed by atoms with E-state index in [2.05, 4.69) is 70.2 Å². The number of aryl methyl sites for hydroxylation is 3. The molecule has 0 saturated carbocycles. The standard InChI is InChI=1S/C21H25N3/c1-14-5-8-19(13-15(14)2)21-16(3)23-24(17(21)4)20-9-6-18(7-10-20)11-12-22/h5-10,13H,11-12,22H2,1-4H3. The predicted molar refractivity (Wildman–Crippen MR) is 101 cm³/mol. The van der Waals surface area contributed by atoms with E-state index in [-0.39, 0.29) is 0 Å². The predicted octanol–water partition coefficient (Wildman–Crippen LogP) is 4.27. The van der Waals surface area contributed by atoms with Crippen LogP contribution in [0.25, 0.3) is 16.8 Å². The molecule has 3 heteroatoms. The third kappa shape index (κ3) is 3.00. The van der Waals surface area contributed by atoms with Crippen molar-refractivity contribution in [2.45, 2.75) is 34.1 Å². The Bertz CT molecular complexity index is 858. The molecule has 0 radical (unpaired) electrons. The molecule has 0 aliphatic heterocycles. The highest BCUT2D eigenvalue weighted by atomic mass is 15.3. The largest absolute Gasteiger partial charge is 0.330 e. The van der Waals surface area contributed by atoms with Crippen LogP contribution in [0.2, 0.25) is 0 Å². The average Bonchev–Trinajstić information content (AvgIpc) is 2.86. The Morgan fingerprint density at radius 2 is 1.62 bits per heavy atom. The molecule has 2 N–H and O–H groups in total. The second-order valence-corrected chi connectivity index (χ2v) is 6.46. The first-order valence-corrected chi connectivity index (χ1v) is 8.44. The summed E-state index contributed by atoms with van der Waals surface area (Å²) in [5, 5.41) is 4.78. The Balaban J connectivity index is 2.04. The molecule has 0 saturated heterocycles. The topological polar surface area (TPSA) is 43.8 Å². The summed E-state index contributed by atoms with van der Waals surface area (Å²) >= 11 is 0. The lowest BCUT2D eigenvalue weighted by molar-refractivity contribution is 0.832. The van der Waals surface area contributed by atoms with Gasteiger partial charge in [-0.25, -0.2) is 4.68 Å². The van der Waals surface area contributed by atoms with Crippen molar-refractivity contribution >= 4 is 0 Å². The molecule has 0 aliphatic rings. The van der Waals surface area contributed by atoms with Crippen molar-refractivity contribution in [3.63, 3.8) is 0 Å². The first kappa shape index (κ1) is 16.5. The van der Waals surface area contributed by atoms with Gasteiger partial charge in [0.1, 0.15) is 0 Å². The van der Waals surface area contributed by atoms with Gasteiger partial charge in [0.15, 0.2) is 0 Å². The minimum absolute atomic E-state index is 0.677. The lowest BCUT2D eigenvalue weighted by Crippen LogP contribution is -2.03. The summed E-state index contributed by atoms with van der Waals surface area (Å²) in [4.78, 5) is 0. The Morgan fingerprint density at radius 3 is 2.25 bits per heavy atom. The first-order valence-electron chi connectivity index (χ1n) is 8.44. The van der Waals surface area contributed by atoms with Gasteiger partial charge < -0.3 is 5.73 Å². The molecule has 0 aliphatic carbocycles. The fourth-order valence-corrected chi connectivity index (χ4v) is 3.18. The van der Waals surface area contributed by atoms with Gasteiger partial charge in [0.05, 0.1) is 11.4 Å². The highest BCUT2D eigenvalue weighted by Gasteiger charge is 2.15. The van der Waals surface area contributed by atoms with Crippen LogP contribution in [0.4, 0.5) is 0 Å². The Morgan fingerprint density at radius 1 is 0.917 bits per heavy atom. The van der Waals surface area contributed by atoms with E-state index >= 15 is 0 Å². The van der Waals surface area contributed by atoms with Crippen molar-refractivity contribution < 1.29 is 0 Å². The lowest BCUT2D eigenvalue weighted by atomic mass is 9.99. The normalized spacial score (nSPS) is 11.0. The molecule has 3 rings (SSSR count). The van der Waals surface area contributed by atoms with E-state index in [1.54, 1.807) is 0 Å². The number of benzene rings is 2. The number of nitrogens with two attached hydrogens (primary N) is 1. The van der Waals surface area contributed by atoms with Crippen LogP contribution in [0.5, 0.6) is 0 Å². The zero-order chi connectivity index (χ0) is 17.3. The maximum Gasteiger partial charge on any atom is 0.0679 e. The number of hydrogen-bond acceptors (Lipinski definition) is 2. The summed E-state index contributed by atoms with van der Waals surface area (Å²) in [6, 6.07) is 15.1. The first-order chi connectivity index (χ1) is 11.5. The molecule has 0 unspecified atom stereocenters. The van der Waals surface area contributed by atoms with Crippen LogP contribution < -0.4 is 5.73 Å². The molecule has 0 bridgehead atoms. The van der Waals surface area contributed by atoms with Crippen LogP contribution in [0.15, 0.2) is 42.5 Å². The van der Waals surface area contributed by atoms with Crippen molar-refractivity contribution in [2.75, 3.05) is 6.54 Å². The highest BCUT2D eigenvalue weighted by Crippen LogP contribution is 2.30. The van der Waals surface area contributed by atoms with E-state index in [0.29, 0.717) is 6.54 Å². The molecule has 1 aromatic heterocycles. The van der Waals surface area contributed by atoms with Crippen LogP contribution in [-0.2, 0) is 6.42 Å². The van der Waals surface area contributed by atoms with Gasteiger partial charge in [-0.15, -0.1) is 0 Å². The van der Waals surface area contributed by atoms with Crippen LogP contribution in [0.3, 0.4) is 0 Å². The van der Waals surface area contributed by atoms with Gasteiger partial charge >= 0.3 is 0 Å². The van der Waals surface area contributed by atoms with Crippen LogP contribution >= 0.6 is 0 Å². The zero-order valence-corrected chi connectivity index (χ0v) is 14.9. The van der Waals surface area contributed by atoms with Gasteiger partial charge in [-0.05, 0) is 75.0 Å². The molecular formula is C21H25N3. The number of hydrogen-bond donors (Lipinski definition) is 1. The summed E-state index contributed by atoms with van der Waals surface area (Å²) < 4.78 is 2.03. The van der Waals surface area contributed by atoms with Crippen LogP contribution in [0, 0.1) is 27.7 Å². The molecule has 0 spiro atoms. The monoisotopic (exact) mass is 319 g/mol. The van der Waals surface area contributed by atoms with Crippen LogP contribution in [-0.4, -0.2) is 16.3 Å². The van der Waals surface area contributed by atoms with Gasteiger partial charge in [0, 0.05) is 11.3 Å². The molecule has 0 fully saturated rings. The van der Waals surface area contributed by atoms with Gasteiger partial charge in [-0.3, -0.25) is 0 Å². The van der Waals surface area contributed by atoms with Crippen LogP contribution in [0.1, 0.15) is 28.1 Å². The lowest BCUT2D eigenvalue weighted by Gasteiger charge is -2.08. The van der Waals surface area contributed by atoms with Crippen molar-refractivity contribution in [1.82, 2.24) is 9.78 Å². The molecule has 3 aromatic rings. The minimum Gasteiger partial charge on any atom is -0.330 e. The molecular weight excluding hydrogens is 294 g/mol. The van der Waals surface area contributed by atoms with Gasteiger partial charge in [-0.2, -0.15) is 5.10 Å². The van der Waals surface area contributed by atoms with Gasteiger partial charge in [0.25, 0.3) is 0 Å². The Kier molecular flexibility index (Phi) is 4.54. The second kappa shape index (κ2) is 6.62. The molecule has 124 valence electrons. The molecule has 24 heavy (non-hydrogen) atoms. The van der Waals surface area contributed by atoms with Crippen molar-refractivity contribution in [1.29, 1.82) is 0 Å². The summed E-state index contributed by atoms with van der Waals surface area (Å²) in [6.45, 7) is 9.19. The SMILES string of the molecule is Cc1ccc(-c2c(C)nn(-c3ccc(CCN)cc3)c2C)cc1C. The maximum absolute atomic E-state index is 5.63. The second-order valence-electron chi connectivity index (χ2n) is 6.46. The van der Waals surface area contributed by atoms with E-state index in [9.17, 15) is 0 Å². The smallest absolute Gasteiger partial charge is 0.0679 e. The molecule has 0 atom stereocenters. The zero-order valence-electron chi connectivity index (χ0n) is 14.9. The number of nitrogens with zero attached hydrogens (tertiary/aromatic N) is 2. The van der Waals surface area contributed by atoms with Crippen molar-refractivity contribution in [3.05, 3.63) is 70.5 Å². The van der Waals surface area contributed by atoms with Crippen molar-refractivity contribution in [3.8, 4) is 16.8 Å². The maximum atomic E-state index is 5.63. The molecule has 2 aromatic carbocycles. The molecule has 1 heterocycles. The molecule has 0 amide bonds. The van der Waals surface area contributed by atoms with E-state index in [0.717, 1.165) is 17.8 Å². The fraction of sp³-hybridized carbons (Fsp3) is 0.286. The number of aromatic nitrogens is 2. The van der Waals surface area contributed by atoms with E-state index in [1.165, 1.54) is 33.5 Å². The summed E-state index contributed by atoms with van der Waals surface area (Å²) in [6.07, 6.45) is 0.908. The van der Waals surface area contributed by atoms with Gasteiger partial charge in [0.2, 0.25) is 0 Å². The third-order valence-corrected chi connectivity index (χ3v) is 4.70. The van der Waals surface area contributed by atoms with Crippen molar-refractivity contribution in [2.24, 2.45) is 5.73 Å². The fourth-order valence-electron chi connectivity index (χ4n) is 3.18.